The lowest BCUT2D eigenvalue weighted by Crippen LogP contribution is -2.00. The molecule has 0 N–H and O–H groups in total. The maximum atomic E-state index is 6.26. The van der Waals surface area contributed by atoms with Crippen LogP contribution in [0.3, 0.4) is 0 Å². The van der Waals surface area contributed by atoms with Crippen molar-refractivity contribution in [1.82, 2.24) is 4.98 Å². The van der Waals surface area contributed by atoms with Crippen LogP contribution in [0.2, 0.25) is 5.15 Å². The van der Waals surface area contributed by atoms with Crippen LogP contribution in [0.1, 0.15) is 16.7 Å². The second-order valence-electron chi connectivity index (χ2n) is 5.14. The van der Waals surface area contributed by atoms with E-state index < -0.39 is 0 Å². The summed E-state index contributed by atoms with van der Waals surface area (Å²) in [5, 5.41) is 1.57. The smallest absolute Gasteiger partial charge is 0.136 e. The van der Waals surface area contributed by atoms with E-state index in [0.29, 0.717) is 11.8 Å². The highest BCUT2D eigenvalue weighted by atomic mass is 35.5. The summed E-state index contributed by atoms with van der Waals surface area (Å²) in [5.74, 6) is 0.918. The predicted molar refractivity (Wildman–Crippen MR) is 87.0 cm³/mol. The fraction of sp³-hybridized carbons (Fsp3) is 0.167. The van der Waals surface area contributed by atoms with Crippen molar-refractivity contribution in [3.05, 3.63) is 70.4 Å². The number of hydrogen-bond donors (Lipinski definition) is 0. The van der Waals surface area contributed by atoms with Gasteiger partial charge in [0.25, 0.3) is 0 Å². The fourth-order valence-corrected chi connectivity index (χ4v) is 2.61. The van der Waals surface area contributed by atoms with Gasteiger partial charge >= 0.3 is 0 Å². The van der Waals surface area contributed by atoms with Crippen LogP contribution in [0.5, 0.6) is 5.75 Å². The topological polar surface area (TPSA) is 22.1 Å². The molecule has 2 aromatic carbocycles. The van der Waals surface area contributed by atoms with E-state index in [1.165, 1.54) is 0 Å². The number of rotatable bonds is 3. The summed E-state index contributed by atoms with van der Waals surface area (Å²) in [6.45, 7) is 4.51. The van der Waals surface area contributed by atoms with E-state index in [0.717, 1.165) is 33.3 Å². The largest absolute Gasteiger partial charge is 0.488 e. The SMILES string of the molecule is Cc1cccc(C)c1OCc1cc2ccccc2nc1Cl. The highest BCUT2D eigenvalue weighted by Crippen LogP contribution is 2.26. The van der Waals surface area contributed by atoms with Crippen LogP contribution in [-0.2, 0) is 6.61 Å². The van der Waals surface area contributed by atoms with E-state index in [9.17, 15) is 0 Å². The number of hydrogen-bond acceptors (Lipinski definition) is 2. The van der Waals surface area contributed by atoms with Crippen LogP contribution in [0.15, 0.2) is 48.5 Å². The van der Waals surface area contributed by atoms with E-state index in [2.05, 4.69) is 4.98 Å². The summed E-state index contributed by atoms with van der Waals surface area (Å²) in [5.41, 5.74) is 4.05. The van der Waals surface area contributed by atoms with Crippen LogP contribution in [0.4, 0.5) is 0 Å². The second kappa shape index (κ2) is 5.74. The van der Waals surface area contributed by atoms with Gasteiger partial charge in [-0.3, -0.25) is 0 Å². The highest BCUT2D eigenvalue weighted by Gasteiger charge is 2.08. The van der Waals surface area contributed by atoms with Gasteiger partial charge in [0.15, 0.2) is 0 Å². The third-order valence-electron chi connectivity index (χ3n) is 3.53. The Morgan fingerprint density at radius 1 is 1.00 bits per heavy atom. The average Bonchev–Trinajstić information content (AvgIpc) is 2.47. The molecule has 0 spiro atoms. The molecule has 0 atom stereocenters. The summed E-state index contributed by atoms with van der Waals surface area (Å²) in [4.78, 5) is 4.42. The molecule has 0 fully saturated rings. The van der Waals surface area contributed by atoms with Gasteiger partial charge in [-0.1, -0.05) is 48.0 Å². The molecule has 21 heavy (non-hydrogen) atoms. The molecule has 0 radical (unpaired) electrons. The Balaban J connectivity index is 1.90. The lowest BCUT2D eigenvalue weighted by Gasteiger charge is -2.13. The van der Waals surface area contributed by atoms with Gasteiger partial charge in [-0.15, -0.1) is 0 Å². The molecule has 1 heterocycles. The third kappa shape index (κ3) is 2.86. The Hall–Kier alpha value is -2.06. The zero-order chi connectivity index (χ0) is 14.8. The molecule has 0 aliphatic heterocycles. The van der Waals surface area contributed by atoms with Crippen molar-refractivity contribution >= 4 is 22.5 Å². The van der Waals surface area contributed by atoms with E-state index in [1.807, 2.05) is 62.4 Å². The molecule has 0 aliphatic rings. The van der Waals surface area contributed by atoms with E-state index in [1.54, 1.807) is 0 Å². The molecule has 2 nitrogen and oxygen atoms in total. The minimum Gasteiger partial charge on any atom is -0.488 e. The Kier molecular flexibility index (Phi) is 3.80. The number of para-hydroxylation sites is 2. The van der Waals surface area contributed by atoms with Crippen molar-refractivity contribution in [1.29, 1.82) is 0 Å². The number of halogens is 1. The first-order valence-corrected chi connectivity index (χ1v) is 7.26. The molecule has 0 saturated heterocycles. The van der Waals surface area contributed by atoms with Crippen molar-refractivity contribution in [2.45, 2.75) is 20.5 Å². The van der Waals surface area contributed by atoms with Crippen LogP contribution in [0, 0.1) is 13.8 Å². The molecule has 0 aliphatic carbocycles. The molecule has 0 saturated carbocycles. The predicted octanol–water partition coefficient (Wildman–Crippen LogP) is 5.08. The van der Waals surface area contributed by atoms with Gasteiger partial charge in [-0.2, -0.15) is 0 Å². The van der Waals surface area contributed by atoms with Gasteiger partial charge in [-0.25, -0.2) is 4.98 Å². The van der Waals surface area contributed by atoms with Gasteiger partial charge < -0.3 is 4.74 Å². The quantitative estimate of drug-likeness (QED) is 0.629. The van der Waals surface area contributed by atoms with E-state index in [-0.39, 0.29) is 0 Å². The van der Waals surface area contributed by atoms with Crippen LogP contribution in [-0.4, -0.2) is 4.98 Å². The van der Waals surface area contributed by atoms with E-state index in [4.69, 9.17) is 16.3 Å². The van der Waals surface area contributed by atoms with Gasteiger partial charge in [0.2, 0.25) is 0 Å². The zero-order valence-electron chi connectivity index (χ0n) is 12.1. The Bertz CT molecular complexity index is 778. The molecule has 3 aromatic rings. The number of pyridine rings is 1. The summed E-state index contributed by atoms with van der Waals surface area (Å²) < 4.78 is 5.96. The van der Waals surface area contributed by atoms with Crippen molar-refractivity contribution < 1.29 is 4.74 Å². The molecule has 0 bridgehead atoms. The molecule has 0 unspecified atom stereocenters. The van der Waals surface area contributed by atoms with Crippen molar-refractivity contribution in [3.63, 3.8) is 0 Å². The number of benzene rings is 2. The first kappa shape index (κ1) is 13.9. The number of nitrogens with zero attached hydrogens (tertiary/aromatic N) is 1. The summed E-state index contributed by atoms with van der Waals surface area (Å²) >= 11 is 6.26. The molecule has 106 valence electrons. The van der Waals surface area contributed by atoms with Crippen LogP contribution >= 0.6 is 11.6 Å². The first-order chi connectivity index (χ1) is 10.1. The maximum absolute atomic E-state index is 6.26. The number of fused-ring (bicyclic) bond motifs is 1. The number of ether oxygens (including phenoxy) is 1. The lowest BCUT2D eigenvalue weighted by atomic mass is 10.1. The normalized spacial score (nSPS) is 10.8. The number of aromatic nitrogens is 1. The van der Waals surface area contributed by atoms with Crippen molar-refractivity contribution in [2.75, 3.05) is 0 Å². The van der Waals surface area contributed by atoms with Gasteiger partial charge in [-0.05, 0) is 37.1 Å². The summed E-state index contributed by atoms with van der Waals surface area (Å²) in [6.07, 6.45) is 0. The highest BCUT2D eigenvalue weighted by molar-refractivity contribution is 6.30. The standard InChI is InChI=1S/C18H16ClNO/c1-12-6-5-7-13(2)17(12)21-11-15-10-14-8-3-4-9-16(14)20-18(15)19/h3-10H,11H2,1-2H3. The molecular weight excluding hydrogens is 282 g/mol. The van der Waals surface area contributed by atoms with Crippen molar-refractivity contribution in [3.8, 4) is 5.75 Å². The fourth-order valence-electron chi connectivity index (χ4n) is 2.41. The average molecular weight is 298 g/mol. The van der Waals surface area contributed by atoms with E-state index >= 15 is 0 Å². The Morgan fingerprint density at radius 2 is 1.71 bits per heavy atom. The van der Waals surface area contributed by atoms with Crippen LogP contribution in [0.25, 0.3) is 10.9 Å². The summed E-state index contributed by atoms with van der Waals surface area (Å²) in [7, 11) is 0. The first-order valence-electron chi connectivity index (χ1n) is 6.88. The molecule has 3 heteroatoms. The Labute approximate surface area is 129 Å². The van der Waals surface area contributed by atoms with Gasteiger partial charge in [0.1, 0.15) is 17.5 Å². The van der Waals surface area contributed by atoms with Crippen molar-refractivity contribution in [2.24, 2.45) is 0 Å². The molecular formula is C18H16ClNO. The maximum Gasteiger partial charge on any atom is 0.136 e. The van der Waals surface area contributed by atoms with Crippen LogP contribution < -0.4 is 4.74 Å². The molecule has 1 aromatic heterocycles. The third-order valence-corrected chi connectivity index (χ3v) is 3.86. The summed E-state index contributed by atoms with van der Waals surface area (Å²) in [6, 6.07) is 16.1. The molecule has 3 rings (SSSR count). The Morgan fingerprint density at radius 3 is 2.48 bits per heavy atom. The van der Waals surface area contributed by atoms with Gasteiger partial charge in [0, 0.05) is 10.9 Å². The minimum absolute atomic E-state index is 0.419. The van der Waals surface area contributed by atoms with Gasteiger partial charge in [0.05, 0.1) is 5.52 Å². The lowest BCUT2D eigenvalue weighted by molar-refractivity contribution is 0.302. The number of aryl methyl sites for hydroxylation is 2. The second-order valence-corrected chi connectivity index (χ2v) is 5.50. The monoisotopic (exact) mass is 297 g/mol. The zero-order valence-corrected chi connectivity index (χ0v) is 12.8. The molecule has 0 amide bonds. The minimum atomic E-state index is 0.419.